The van der Waals surface area contributed by atoms with Crippen LogP contribution in [0.5, 0.6) is 0 Å². The molecule has 126 valence electrons. The smallest absolute Gasteiger partial charge is 0.317 e. The van der Waals surface area contributed by atoms with E-state index >= 15 is 0 Å². The van der Waals surface area contributed by atoms with Gasteiger partial charge in [-0.1, -0.05) is 12.8 Å². The fourth-order valence-corrected chi connectivity index (χ4v) is 4.37. The lowest BCUT2D eigenvalue weighted by Gasteiger charge is -2.41. The Balaban J connectivity index is 1.53. The summed E-state index contributed by atoms with van der Waals surface area (Å²) in [4.78, 5) is 16.9. The van der Waals surface area contributed by atoms with Gasteiger partial charge in [-0.25, -0.2) is 4.79 Å². The number of nitrogens with one attached hydrogen (secondary N) is 1. The molecule has 0 bridgehead atoms. The van der Waals surface area contributed by atoms with Crippen molar-refractivity contribution in [3.8, 4) is 0 Å². The first-order chi connectivity index (χ1) is 10.6. The van der Waals surface area contributed by atoms with Crippen molar-refractivity contribution in [2.75, 3.05) is 33.8 Å². The largest absolute Gasteiger partial charge is 0.371 e. The van der Waals surface area contributed by atoms with Gasteiger partial charge in [-0.3, -0.25) is 0 Å². The number of morpholine rings is 1. The Bertz CT molecular complexity index is 393. The van der Waals surface area contributed by atoms with Gasteiger partial charge < -0.3 is 19.9 Å². The molecule has 22 heavy (non-hydrogen) atoms. The predicted octanol–water partition coefficient (Wildman–Crippen LogP) is 2.21. The second kappa shape index (κ2) is 6.75. The Morgan fingerprint density at radius 1 is 1.23 bits per heavy atom. The summed E-state index contributed by atoms with van der Waals surface area (Å²) in [6.45, 7) is 2.21. The van der Waals surface area contributed by atoms with Gasteiger partial charge in [0.2, 0.25) is 0 Å². The summed E-state index contributed by atoms with van der Waals surface area (Å²) in [5.41, 5.74) is -0.0334. The number of amides is 2. The molecule has 0 aromatic carbocycles. The third kappa shape index (κ3) is 3.57. The monoisotopic (exact) mass is 309 g/mol. The minimum absolute atomic E-state index is 0.0334. The molecule has 2 aliphatic carbocycles. The molecule has 2 amide bonds. The van der Waals surface area contributed by atoms with E-state index in [1.54, 1.807) is 0 Å². The second-order valence-electron chi connectivity index (χ2n) is 7.59. The van der Waals surface area contributed by atoms with Crippen LogP contribution in [0.25, 0.3) is 0 Å². The van der Waals surface area contributed by atoms with Crippen molar-refractivity contribution in [3.63, 3.8) is 0 Å². The minimum atomic E-state index is -0.0334. The molecule has 2 saturated carbocycles. The average Bonchev–Trinajstić information content (AvgIpc) is 2.95. The van der Waals surface area contributed by atoms with Gasteiger partial charge in [0, 0.05) is 18.6 Å². The molecular formula is C17H31N3O2. The van der Waals surface area contributed by atoms with Crippen LogP contribution in [0.4, 0.5) is 4.79 Å². The zero-order valence-corrected chi connectivity index (χ0v) is 14.1. The molecule has 5 heteroatoms. The molecule has 5 nitrogen and oxygen atoms in total. The molecule has 1 aliphatic heterocycles. The summed E-state index contributed by atoms with van der Waals surface area (Å²) >= 11 is 0. The summed E-state index contributed by atoms with van der Waals surface area (Å²) in [7, 11) is 4.28. The van der Waals surface area contributed by atoms with E-state index in [4.69, 9.17) is 4.74 Å². The lowest BCUT2D eigenvalue weighted by Crippen LogP contribution is -2.56. The van der Waals surface area contributed by atoms with Crippen LogP contribution in [0.15, 0.2) is 0 Å². The number of carbonyl (C=O) groups is 1. The fourth-order valence-electron chi connectivity index (χ4n) is 4.37. The summed E-state index contributed by atoms with van der Waals surface area (Å²) < 4.78 is 6.02. The number of hydrogen-bond acceptors (Lipinski definition) is 3. The van der Waals surface area contributed by atoms with Gasteiger partial charge in [0.1, 0.15) is 0 Å². The van der Waals surface area contributed by atoms with E-state index in [-0.39, 0.29) is 11.6 Å². The molecule has 2 atom stereocenters. The summed E-state index contributed by atoms with van der Waals surface area (Å²) in [6, 6.07) is 1.06. The van der Waals surface area contributed by atoms with Crippen molar-refractivity contribution in [2.24, 2.45) is 0 Å². The third-order valence-corrected chi connectivity index (χ3v) is 5.75. The Morgan fingerprint density at radius 2 is 2.00 bits per heavy atom. The number of carbonyl (C=O) groups excluding carboxylic acids is 1. The maximum absolute atomic E-state index is 12.6. The van der Waals surface area contributed by atoms with E-state index in [9.17, 15) is 4.79 Å². The number of rotatable bonds is 2. The second-order valence-corrected chi connectivity index (χ2v) is 7.59. The number of urea groups is 1. The molecule has 1 N–H and O–H groups in total. The van der Waals surface area contributed by atoms with Crippen LogP contribution in [-0.2, 0) is 4.74 Å². The van der Waals surface area contributed by atoms with Crippen molar-refractivity contribution in [1.29, 1.82) is 0 Å². The highest BCUT2D eigenvalue weighted by Gasteiger charge is 2.41. The molecule has 2 unspecified atom stereocenters. The highest BCUT2D eigenvalue weighted by molar-refractivity contribution is 5.74. The molecule has 1 saturated heterocycles. The zero-order chi connectivity index (χ0) is 15.6. The van der Waals surface area contributed by atoms with Gasteiger partial charge in [-0.15, -0.1) is 0 Å². The number of hydrogen-bond donors (Lipinski definition) is 1. The van der Waals surface area contributed by atoms with Crippen molar-refractivity contribution in [3.05, 3.63) is 0 Å². The fraction of sp³-hybridized carbons (Fsp3) is 0.941. The van der Waals surface area contributed by atoms with Gasteiger partial charge in [-0.2, -0.15) is 0 Å². The summed E-state index contributed by atoms with van der Waals surface area (Å²) in [5.74, 6) is 0. The van der Waals surface area contributed by atoms with Crippen molar-refractivity contribution in [2.45, 2.75) is 69.1 Å². The molecule has 1 spiro atoms. The summed E-state index contributed by atoms with van der Waals surface area (Å²) in [5, 5.41) is 3.28. The van der Waals surface area contributed by atoms with E-state index in [0.29, 0.717) is 18.7 Å². The average molecular weight is 309 g/mol. The predicted molar refractivity (Wildman–Crippen MR) is 87.0 cm³/mol. The normalized spacial score (nSPS) is 31.7. The van der Waals surface area contributed by atoms with Crippen LogP contribution >= 0.6 is 0 Å². The van der Waals surface area contributed by atoms with Crippen LogP contribution < -0.4 is 5.32 Å². The first-order valence-corrected chi connectivity index (χ1v) is 8.94. The molecule has 3 rings (SSSR count). The van der Waals surface area contributed by atoms with Crippen molar-refractivity contribution in [1.82, 2.24) is 15.1 Å². The standard InChI is InChI=1S/C17H31N3O2/c1-19(2)15-7-5-6-14(12-15)18-16(21)20-10-11-22-17(13-20)8-3-4-9-17/h14-15H,3-13H2,1-2H3,(H,18,21). The Kier molecular flexibility index (Phi) is 4.93. The van der Waals surface area contributed by atoms with Crippen molar-refractivity contribution < 1.29 is 9.53 Å². The quantitative estimate of drug-likeness (QED) is 0.850. The van der Waals surface area contributed by atoms with Crippen LogP contribution in [0.3, 0.4) is 0 Å². The summed E-state index contributed by atoms with van der Waals surface area (Å²) in [6.07, 6.45) is 9.36. The van der Waals surface area contributed by atoms with Crippen LogP contribution in [0.2, 0.25) is 0 Å². The van der Waals surface area contributed by atoms with Gasteiger partial charge in [0.15, 0.2) is 0 Å². The molecule has 0 aromatic heterocycles. The Hall–Kier alpha value is -0.810. The first-order valence-electron chi connectivity index (χ1n) is 8.94. The van der Waals surface area contributed by atoms with Gasteiger partial charge in [0.05, 0.1) is 18.8 Å². The van der Waals surface area contributed by atoms with E-state index in [0.717, 1.165) is 38.8 Å². The van der Waals surface area contributed by atoms with E-state index in [1.807, 2.05) is 4.90 Å². The highest BCUT2D eigenvalue weighted by Crippen LogP contribution is 2.35. The van der Waals surface area contributed by atoms with Gasteiger partial charge in [-0.05, 0) is 52.6 Å². The Labute approximate surface area is 134 Å². The number of ether oxygens (including phenoxy) is 1. The first kappa shape index (κ1) is 16.1. The van der Waals surface area contributed by atoms with Crippen molar-refractivity contribution >= 4 is 6.03 Å². The SMILES string of the molecule is CN(C)C1CCCC(NC(=O)N2CCOC3(CCCC3)C2)C1. The van der Waals surface area contributed by atoms with Crippen LogP contribution in [-0.4, -0.2) is 67.3 Å². The lowest BCUT2D eigenvalue weighted by atomic mass is 9.90. The van der Waals surface area contributed by atoms with Crippen LogP contribution in [0, 0.1) is 0 Å². The van der Waals surface area contributed by atoms with E-state index in [2.05, 4.69) is 24.3 Å². The molecule has 0 aromatic rings. The molecule has 3 fully saturated rings. The van der Waals surface area contributed by atoms with Crippen LogP contribution in [0.1, 0.15) is 51.4 Å². The minimum Gasteiger partial charge on any atom is -0.371 e. The lowest BCUT2D eigenvalue weighted by molar-refractivity contribution is -0.0928. The highest BCUT2D eigenvalue weighted by atomic mass is 16.5. The topological polar surface area (TPSA) is 44.8 Å². The maximum atomic E-state index is 12.6. The number of nitrogens with zero attached hydrogens (tertiary/aromatic N) is 2. The van der Waals surface area contributed by atoms with E-state index < -0.39 is 0 Å². The van der Waals surface area contributed by atoms with Gasteiger partial charge >= 0.3 is 6.03 Å². The molecule has 0 radical (unpaired) electrons. The molecule has 1 heterocycles. The Morgan fingerprint density at radius 3 is 2.73 bits per heavy atom. The maximum Gasteiger partial charge on any atom is 0.317 e. The molecular weight excluding hydrogens is 278 g/mol. The van der Waals surface area contributed by atoms with E-state index in [1.165, 1.54) is 25.7 Å². The van der Waals surface area contributed by atoms with Gasteiger partial charge in [0.25, 0.3) is 0 Å². The zero-order valence-electron chi connectivity index (χ0n) is 14.1. The third-order valence-electron chi connectivity index (χ3n) is 5.75. The molecule has 3 aliphatic rings.